The number of rotatable bonds is 6. The number of hydrogen-bond acceptors (Lipinski definition) is 6. The lowest BCUT2D eigenvalue weighted by Gasteiger charge is -2.15. The second kappa shape index (κ2) is 8.61. The third-order valence-electron chi connectivity index (χ3n) is 3.49. The molecule has 0 fully saturated rings. The zero-order valence-electron chi connectivity index (χ0n) is 14.9. The Kier molecular flexibility index (Phi) is 6.26. The lowest BCUT2D eigenvalue weighted by Crippen LogP contribution is -2.19. The Morgan fingerprint density at radius 2 is 1.31 bits per heavy atom. The van der Waals surface area contributed by atoms with Gasteiger partial charge in [0, 0.05) is 17.8 Å². The van der Waals surface area contributed by atoms with Crippen molar-refractivity contribution in [1.82, 2.24) is 0 Å². The summed E-state index contributed by atoms with van der Waals surface area (Å²) in [6.07, 6.45) is 0. The molecule has 2 aromatic rings. The highest BCUT2D eigenvalue weighted by molar-refractivity contribution is 6.00. The van der Waals surface area contributed by atoms with Crippen molar-refractivity contribution in [3.8, 4) is 17.2 Å². The summed E-state index contributed by atoms with van der Waals surface area (Å²) in [6, 6.07) is 9.07. The summed E-state index contributed by atoms with van der Waals surface area (Å²) in [4.78, 5) is 23.6. The largest absolute Gasteiger partial charge is 0.493 e. The molecule has 0 aliphatic heterocycles. The van der Waals surface area contributed by atoms with Gasteiger partial charge in [0.1, 0.15) is 0 Å². The van der Waals surface area contributed by atoms with E-state index in [1.807, 2.05) is 0 Å². The normalized spacial score (nSPS) is 9.85. The second-order valence-corrected chi connectivity index (χ2v) is 5.06. The number of carbonyl (C=O) groups is 2. The molecule has 0 unspecified atom stereocenters. The van der Waals surface area contributed by atoms with Gasteiger partial charge in [-0.05, 0) is 24.3 Å². The first-order valence-corrected chi connectivity index (χ1v) is 7.58. The van der Waals surface area contributed by atoms with Crippen LogP contribution in [0.25, 0.3) is 0 Å². The standard InChI is InChI=1S/C18H20N2O6/c1-23-14-9-13(10-15(24-2)16(14)25-3)20-18(22)19-12-7-5-11(6-8-12)17(21)26-4/h5-10H,1-4H3,(H2,19,20,22). The van der Waals surface area contributed by atoms with E-state index >= 15 is 0 Å². The minimum Gasteiger partial charge on any atom is -0.493 e. The molecule has 0 spiro atoms. The predicted molar refractivity (Wildman–Crippen MR) is 96.5 cm³/mol. The maximum atomic E-state index is 12.2. The SMILES string of the molecule is COC(=O)c1ccc(NC(=O)Nc2cc(OC)c(OC)c(OC)c2)cc1. The van der Waals surface area contributed by atoms with Crippen molar-refractivity contribution in [2.45, 2.75) is 0 Å². The summed E-state index contributed by atoms with van der Waals surface area (Å²) >= 11 is 0. The van der Waals surface area contributed by atoms with Crippen molar-refractivity contribution in [2.24, 2.45) is 0 Å². The van der Waals surface area contributed by atoms with Crippen molar-refractivity contribution in [1.29, 1.82) is 0 Å². The summed E-state index contributed by atoms with van der Waals surface area (Å²) < 4.78 is 20.4. The van der Waals surface area contributed by atoms with Crippen LogP contribution in [0.2, 0.25) is 0 Å². The van der Waals surface area contributed by atoms with E-state index in [1.54, 1.807) is 36.4 Å². The van der Waals surface area contributed by atoms with Gasteiger partial charge in [0.15, 0.2) is 11.5 Å². The first-order chi connectivity index (χ1) is 12.5. The van der Waals surface area contributed by atoms with Crippen LogP contribution in [-0.4, -0.2) is 40.4 Å². The number of urea groups is 1. The monoisotopic (exact) mass is 360 g/mol. The van der Waals surface area contributed by atoms with Crippen LogP contribution in [0.1, 0.15) is 10.4 Å². The number of ether oxygens (including phenoxy) is 4. The van der Waals surface area contributed by atoms with Gasteiger partial charge in [-0.1, -0.05) is 0 Å². The molecule has 0 radical (unpaired) electrons. The van der Waals surface area contributed by atoms with Crippen LogP contribution in [-0.2, 0) is 4.74 Å². The van der Waals surface area contributed by atoms with Crippen LogP contribution in [0.15, 0.2) is 36.4 Å². The lowest BCUT2D eigenvalue weighted by atomic mass is 10.2. The molecule has 2 rings (SSSR count). The first kappa shape index (κ1) is 18.9. The Hall–Kier alpha value is -3.42. The van der Waals surface area contributed by atoms with Gasteiger partial charge in [0.25, 0.3) is 0 Å². The van der Waals surface area contributed by atoms with Crippen LogP contribution in [0.5, 0.6) is 17.2 Å². The summed E-state index contributed by atoms with van der Waals surface area (Å²) in [5.41, 5.74) is 1.37. The first-order valence-electron chi connectivity index (χ1n) is 7.58. The molecule has 0 aliphatic carbocycles. The average molecular weight is 360 g/mol. The van der Waals surface area contributed by atoms with Crippen molar-refractivity contribution in [3.63, 3.8) is 0 Å². The number of hydrogen-bond donors (Lipinski definition) is 2. The van der Waals surface area contributed by atoms with E-state index in [0.29, 0.717) is 34.2 Å². The minimum absolute atomic E-state index is 0.392. The van der Waals surface area contributed by atoms with Gasteiger partial charge in [-0.25, -0.2) is 9.59 Å². The Balaban J connectivity index is 2.11. The third-order valence-corrected chi connectivity index (χ3v) is 3.49. The fourth-order valence-electron chi connectivity index (χ4n) is 2.25. The number of carbonyl (C=O) groups excluding carboxylic acids is 2. The fraction of sp³-hybridized carbons (Fsp3) is 0.222. The van der Waals surface area contributed by atoms with Crippen molar-refractivity contribution < 1.29 is 28.5 Å². The van der Waals surface area contributed by atoms with E-state index in [-0.39, 0.29) is 0 Å². The molecular weight excluding hydrogens is 340 g/mol. The molecule has 2 amide bonds. The van der Waals surface area contributed by atoms with Gasteiger partial charge in [0.05, 0.1) is 39.7 Å². The molecule has 2 aromatic carbocycles. The number of amides is 2. The van der Waals surface area contributed by atoms with E-state index in [2.05, 4.69) is 15.4 Å². The Morgan fingerprint density at radius 3 is 1.77 bits per heavy atom. The van der Waals surface area contributed by atoms with E-state index in [9.17, 15) is 9.59 Å². The maximum Gasteiger partial charge on any atom is 0.337 e. The number of esters is 1. The van der Waals surface area contributed by atoms with Gasteiger partial charge in [-0.2, -0.15) is 0 Å². The summed E-state index contributed by atoms with van der Waals surface area (Å²) in [6.45, 7) is 0. The van der Waals surface area contributed by atoms with Crippen LogP contribution in [0.3, 0.4) is 0 Å². The van der Waals surface area contributed by atoms with Gasteiger partial charge < -0.3 is 29.6 Å². The van der Waals surface area contributed by atoms with E-state index in [1.165, 1.54) is 28.4 Å². The molecule has 8 nitrogen and oxygen atoms in total. The molecule has 0 aromatic heterocycles. The summed E-state index contributed by atoms with van der Waals surface area (Å²) in [5, 5.41) is 5.35. The van der Waals surface area contributed by atoms with Gasteiger partial charge in [0.2, 0.25) is 5.75 Å². The molecule has 0 saturated carbocycles. The maximum absolute atomic E-state index is 12.2. The topological polar surface area (TPSA) is 95.1 Å². The molecule has 0 aliphatic rings. The average Bonchev–Trinajstić information content (AvgIpc) is 2.66. The summed E-state index contributed by atoms with van der Waals surface area (Å²) in [5.74, 6) is 0.826. The fourth-order valence-corrected chi connectivity index (χ4v) is 2.25. The van der Waals surface area contributed by atoms with Crippen LogP contribution >= 0.6 is 0 Å². The molecular formula is C18H20N2O6. The molecule has 26 heavy (non-hydrogen) atoms. The van der Waals surface area contributed by atoms with Gasteiger partial charge in [-0.3, -0.25) is 0 Å². The van der Waals surface area contributed by atoms with E-state index in [4.69, 9.17) is 14.2 Å². The summed E-state index contributed by atoms with van der Waals surface area (Å²) in [7, 11) is 5.78. The number of benzene rings is 2. The van der Waals surface area contributed by atoms with Gasteiger partial charge in [-0.15, -0.1) is 0 Å². The number of methoxy groups -OCH3 is 4. The van der Waals surface area contributed by atoms with E-state index in [0.717, 1.165) is 0 Å². The van der Waals surface area contributed by atoms with Crippen LogP contribution in [0.4, 0.5) is 16.2 Å². The molecule has 0 saturated heterocycles. The Bertz CT molecular complexity index is 764. The molecule has 138 valence electrons. The lowest BCUT2D eigenvalue weighted by molar-refractivity contribution is 0.0600. The van der Waals surface area contributed by atoms with Crippen molar-refractivity contribution in [2.75, 3.05) is 39.1 Å². The van der Waals surface area contributed by atoms with Crippen LogP contribution < -0.4 is 24.8 Å². The highest BCUT2D eigenvalue weighted by Crippen LogP contribution is 2.39. The second-order valence-electron chi connectivity index (χ2n) is 5.06. The molecule has 0 heterocycles. The minimum atomic E-state index is -0.468. The molecule has 8 heteroatoms. The highest BCUT2D eigenvalue weighted by atomic mass is 16.5. The van der Waals surface area contributed by atoms with Crippen LogP contribution in [0, 0.1) is 0 Å². The third kappa shape index (κ3) is 4.35. The van der Waals surface area contributed by atoms with E-state index < -0.39 is 12.0 Å². The van der Waals surface area contributed by atoms with Crippen molar-refractivity contribution >= 4 is 23.4 Å². The smallest absolute Gasteiger partial charge is 0.337 e. The number of anilines is 2. The highest BCUT2D eigenvalue weighted by Gasteiger charge is 2.14. The van der Waals surface area contributed by atoms with Crippen molar-refractivity contribution in [3.05, 3.63) is 42.0 Å². The molecule has 0 bridgehead atoms. The zero-order chi connectivity index (χ0) is 19.1. The molecule has 0 atom stereocenters. The Morgan fingerprint density at radius 1 is 0.769 bits per heavy atom. The quantitative estimate of drug-likeness (QED) is 0.769. The zero-order valence-corrected chi connectivity index (χ0v) is 14.9. The molecule has 2 N–H and O–H groups in total. The predicted octanol–water partition coefficient (Wildman–Crippen LogP) is 3.14. The van der Waals surface area contributed by atoms with Gasteiger partial charge >= 0.3 is 12.0 Å². The number of nitrogens with one attached hydrogen (secondary N) is 2. The Labute approximate surface area is 151 Å².